The molecule has 0 saturated carbocycles. The number of halogens is 2. The second-order valence-corrected chi connectivity index (χ2v) is 9.98. The van der Waals surface area contributed by atoms with Crippen LogP contribution in [0.2, 0.25) is 10.0 Å². The summed E-state index contributed by atoms with van der Waals surface area (Å²) in [5, 5.41) is 3.86. The smallest absolute Gasteiger partial charge is 0.261 e. The molecule has 190 valence electrons. The number of carbonyl (C=O) groups excluding carboxylic acids is 2. The highest BCUT2D eigenvalue weighted by Gasteiger charge is 2.31. The largest absolute Gasteiger partial charge is 0.484 e. The van der Waals surface area contributed by atoms with E-state index in [2.05, 4.69) is 5.32 Å². The van der Waals surface area contributed by atoms with Crippen LogP contribution in [-0.4, -0.2) is 35.9 Å². The minimum Gasteiger partial charge on any atom is -0.484 e. The Bertz CT molecular complexity index is 1130. The van der Waals surface area contributed by atoms with Gasteiger partial charge in [0.25, 0.3) is 5.91 Å². The van der Waals surface area contributed by atoms with Crippen molar-refractivity contribution in [2.75, 3.05) is 13.2 Å². The van der Waals surface area contributed by atoms with Gasteiger partial charge in [-0.05, 0) is 42.7 Å². The predicted octanol–water partition coefficient (Wildman–Crippen LogP) is 6.09. The molecule has 3 aromatic rings. The number of hydrogen-bond acceptors (Lipinski definition) is 3. The van der Waals surface area contributed by atoms with E-state index in [0.29, 0.717) is 34.3 Å². The Kier molecular flexibility index (Phi) is 10.2. The molecule has 0 saturated heterocycles. The summed E-state index contributed by atoms with van der Waals surface area (Å²) < 4.78 is 5.79. The fourth-order valence-corrected chi connectivity index (χ4v) is 4.21. The van der Waals surface area contributed by atoms with Crippen LogP contribution in [0.3, 0.4) is 0 Å². The number of hydrogen-bond donors (Lipinski definition) is 1. The molecular formula is C29H32Cl2N2O3. The minimum atomic E-state index is -0.785. The number of aryl methyl sites for hydroxylation is 1. The van der Waals surface area contributed by atoms with Crippen molar-refractivity contribution in [1.29, 1.82) is 0 Å². The molecule has 2 amide bonds. The van der Waals surface area contributed by atoms with Gasteiger partial charge in [-0.2, -0.15) is 0 Å². The first kappa shape index (κ1) is 27.6. The van der Waals surface area contributed by atoms with Crippen molar-refractivity contribution in [3.8, 4) is 5.75 Å². The molecule has 0 heterocycles. The minimum absolute atomic E-state index is 0.0706. The van der Waals surface area contributed by atoms with Gasteiger partial charge in [0.15, 0.2) is 6.61 Å². The first-order valence-electron chi connectivity index (χ1n) is 12.0. The van der Waals surface area contributed by atoms with Gasteiger partial charge in [0, 0.05) is 35.1 Å². The molecule has 36 heavy (non-hydrogen) atoms. The van der Waals surface area contributed by atoms with Crippen LogP contribution < -0.4 is 10.1 Å². The zero-order chi connectivity index (χ0) is 26.1. The summed E-state index contributed by atoms with van der Waals surface area (Å²) in [6.07, 6.45) is 0.336. The third kappa shape index (κ3) is 8.00. The normalized spacial score (nSPS) is 11.7. The first-order valence-corrected chi connectivity index (χ1v) is 12.7. The maximum atomic E-state index is 13.6. The number of nitrogens with one attached hydrogen (secondary N) is 1. The molecule has 1 unspecified atom stereocenters. The van der Waals surface area contributed by atoms with Gasteiger partial charge in [0.1, 0.15) is 11.8 Å². The van der Waals surface area contributed by atoms with Crippen molar-refractivity contribution in [2.45, 2.75) is 39.8 Å². The van der Waals surface area contributed by atoms with Crippen molar-refractivity contribution < 1.29 is 14.3 Å². The van der Waals surface area contributed by atoms with Crippen LogP contribution in [0.4, 0.5) is 0 Å². The summed E-state index contributed by atoms with van der Waals surface area (Å²) in [6.45, 7) is 6.37. The number of carbonyl (C=O) groups is 2. The number of nitrogens with zero attached hydrogens (tertiary/aromatic N) is 1. The third-order valence-electron chi connectivity index (χ3n) is 5.73. The van der Waals surface area contributed by atoms with Crippen molar-refractivity contribution in [3.05, 3.63) is 99.5 Å². The molecule has 1 atom stereocenters. The van der Waals surface area contributed by atoms with E-state index in [1.807, 2.05) is 75.4 Å². The van der Waals surface area contributed by atoms with Gasteiger partial charge in [-0.15, -0.1) is 0 Å². The molecule has 7 heteroatoms. The van der Waals surface area contributed by atoms with E-state index in [0.717, 1.165) is 11.1 Å². The van der Waals surface area contributed by atoms with Gasteiger partial charge in [0.05, 0.1) is 0 Å². The lowest BCUT2D eigenvalue weighted by Gasteiger charge is -2.32. The Hall–Kier alpha value is -3.02. The summed E-state index contributed by atoms with van der Waals surface area (Å²) in [5.74, 6) is 0.263. The standard InChI is InChI=1S/C29H32Cl2N2O3/c1-20(2)17-32-29(35)27(16-22-8-5-4-6-9-22)33(18-24-25(30)10-7-11-26(24)31)28(34)19-36-23-14-12-21(3)13-15-23/h4-15,20,27H,16-19H2,1-3H3,(H,32,35). The topological polar surface area (TPSA) is 58.6 Å². The molecule has 0 aliphatic heterocycles. The Balaban J connectivity index is 1.94. The van der Waals surface area contributed by atoms with Crippen molar-refractivity contribution in [1.82, 2.24) is 10.2 Å². The Morgan fingerprint density at radius 3 is 2.17 bits per heavy atom. The molecule has 0 aliphatic carbocycles. The van der Waals surface area contributed by atoms with Crippen LogP contribution in [-0.2, 0) is 22.6 Å². The van der Waals surface area contributed by atoms with E-state index in [9.17, 15) is 9.59 Å². The van der Waals surface area contributed by atoms with Gasteiger partial charge in [0.2, 0.25) is 5.91 Å². The lowest BCUT2D eigenvalue weighted by Crippen LogP contribution is -2.52. The van der Waals surface area contributed by atoms with Gasteiger partial charge < -0.3 is 15.0 Å². The molecule has 0 aliphatic rings. The second kappa shape index (κ2) is 13.3. The van der Waals surface area contributed by atoms with Gasteiger partial charge in [-0.25, -0.2) is 0 Å². The summed E-state index contributed by atoms with van der Waals surface area (Å²) >= 11 is 12.9. The highest BCUT2D eigenvalue weighted by atomic mass is 35.5. The van der Waals surface area contributed by atoms with Crippen molar-refractivity contribution in [3.63, 3.8) is 0 Å². The molecule has 0 radical (unpaired) electrons. The van der Waals surface area contributed by atoms with Crippen LogP contribution in [0.15, 0.2) is 72.8 Å². The maximum Gasteiger partial charge on any atom is 0.261 e. The molecule has 3 rings (SSSR count). The molecule has 0 bridgehead atoms. The monoisotopic (exact) mass is 526 g/mol. The Labute approximate surface area is 223 Å². The number of benzene rings is 3. The predicted molar refractivity (Wildman–Crippen MR) is 145 cm³/mol. The molecule has 1 N–H and O–H groups in total. The zero-order valence-corrected chi connectivity index (χ0v) is 22.4. The average Bonchev–Trinajstić information content (AvgIpc) is 2.86. The third-order valence-corrected chi connectivity index (χ3v) is 6.44. The van der Waals surface area contributed by atoms with E-state index in [4.69, 9.17) is 27.9 Å². The quantitative estimate of drug-likeness (QED) is 0.328. The molecule has 0 fully saturated rings. The second-order valence-electron chi connectivity index (χ2n) is 9.17. The first-order chi connectivity index (χ1) is 17.2. The summed E-state index contributed by atoms with van der Waals surface area (Å²) in [6, 6.07) is 21.5. The SMILES string of the molecule is Cc1ccc(OCC(=O)N(Cc2c(Cl)cccc2Cl)C(Cc2ccccc2)C(=O)NCC(C)C)cc1. The summed E-state index contributed by atoms with van der Waals surface area (Å²) in [4.78, 5) is 28.6. The lowest BCUT2D eigenvalue weighted by molar-refractivity contribution is -0.142. The molecule has 3 aromatic carbocycles. The Morgan fingerprint density at radius 1 is 0.917 bits per heavy atom. The van der Waals surface area contributed by atoms with Crippen LogP contribution in [0.1, 0.15) is 30.5 Å². The number of rotatable bonds is 11. The van der Waals surface area contributed by atoms with Crippen molar-refractivity contribution in [2.24, 2.45) is 5.92 Å². The average molecular weight is 527 g/mol. The van der Waals surface area contributed by atoms with Gasteiger partial charge in [-0.1, -0.05) is 91.1 Å². The van der Waals surface area contributed by atoms with Gasteiger partial charge in [-0.3, -0.25) is 9.59 Å². The fourth-order valence-electron chi connectivity index (χ4n) is 3.69. The highest BCUT2D eigenvalue weighted by molar-refractivity contribution is 6.36. The van der Waals surface area contributed by atoms with Crippen LogP contribution in [0.25, 0.3) is 0 Å². The van der Waals surface area contributed by atoms with E-state index in [1.54, 1.807) is 18.2 Å². The Morgan fingerprint density at radius 2 is 1.56 bits per heavy atom. The maximum absolute atomic E-state index is 13.6. The number of amides is 2. The zero-order valence-electron chi connectivity index (χ0n) is 20.8. The summed E-state index contributed by atoms with van der Waals surface area (Å²) in [5.41, 5.74) is 2.61. The summed E-state index contributed by atoms with van der Waals surface area (Å²) in [7, 11) is 0. The van der Waals surface area contributed by atoms with Crippen LogP contribution >= 0.6 is 23.2 Å². The lowest BCUT2D eigenvalue weighted by atomic mass is 10.0. The van der Waals surface area contributed by atoms with Crippen molar-refractivity contribution >= 4 is 35.0 Å². The molecule has 5 nitrogen and oxygen atoms in total. The molecule has 0 aromatic heterocycles. The molecular weight excluding hydrogens is 495 g/mol. The van der Waals surface area contributed by atoms with E-state index in [1.165, 1.54) is 4.90 Å². The molecule has 0 spiro atoms. The fraction of sp³-hybridized carbons (Fsp3) is 0.310. The van der Waals surface area contributed by atoms with E-state index < -0.39 is 6.04 Å². The number of ether oxygens (including phenoxy) is 1. The van der Waals surface area contributed by atoms with Crippen LogP contribution in [0, 0.1) is 12.8 Å². The highest BCUT2D eigenvalue weighted by Crippen LogP contribution is 2.27. The van der Waals surface area contributed by atoms with E-state index in [-0.39, 0.29) is 30.9 Å². The van der Waals surface area contributed by atoms with Crippen LogP contribution in [0.5, 0.6) is 5.75 Å². The van der Waals surface area contributed by atoms with Gasteiger partial charge >= 0.3 is 0 Å². The van der Waals surface area contributed by atoms with E-state index >= 15 is 0 Å².